The molecule has 2 N–H and O–H groups in total. The zero-order valence-electron chi connectivity index (χ0n) is 16.0. The van der Waals surface area contributed by atoms with Crippen LogP contribution in [0.4, 0.5) is 0 Å². The van der Waals surface area contributed by atoms with Crippen molar-refractivity contribution in [1.29, 1.82) is 0 Å². The molecule has 0 fully saturated rings. The second-order valence-electron chi connectivity index (χ2n) is 7.51. The summed E-state index contributed by atoms with van der Waals surface area (Å²) in [6.45, 7) is 8.51. The minimum absolute atomic E-state index is 0.0678. The van der Waals surface area contributed by atoms with Gasteiger partial charge in [-0.05, 0) is 23.5 Å². The summed E-state index contributed by atoms with van der Waals surface area (Å²) in [7, 11) is 0. The molecule has 8 nitrogen and oxygen atoms in total. The van der Waals surface area contributed by atoms with E-state index in [-0.39, 0.29) is 23.8 Å². The molecule has 0 radical (unpaired) electrons. The number of aromatic amines is 1. The van der Waals surface area contributed by atoms with Gasteiger partial charge >= 0.3 is 0 Å². The maximum Gasteiger partial charge on any atom is 0.239 e. The number of amides is 1. The largest absolute Gasteiger partial charge is 0.350 e. The van der Waals surface area contributed by atoms with Crippen LogP contribution in [-0.2, 0) is 16.6 Å². The Bertz CT molecular complexity index is 878. The van der Waals surface area contributed by atoms with Crippen molar-refractivity contribution in [2.75, 3.05) is 0 Å². The zero-order valence-corrected chi connectivity index (χ0v) is 16.0. The van der Waals surface area contributed by atoms with E-state index in [1.165, 1.54) is 11.9 Å². The van der Waals surface area contributed by atoms with E-state index in [0.29, 0.717) is 24.0 Å². The van der Waals surface area contributed by atoms with Crippen LogP contribution in [0, 0.1) is 0 Å². The number of hydrogen-bond acceptors (Lipinski definition) is 6. The molecule has 1 aromatic carbocycles. The molecule has 0 saturated heterocycles. The maximum atomic E-state index is 12.2. The van der Waals surface area contributed by atoms with Crippen molar-refractivity contribution in [3.63, 3.8) is 0 Å². The van der Waals surface area contributed by atoms with Gasteiger partial charge in [0.2, 0.25) is 17.6 Å². The van der Waals surface area contributed by atoms with Crippen molar-refractivity contribution in [3.8, 4) is 11.6 Å². The standard InChI is InChI=1S/C19H24N6O2/c1-12(13-5-7-14(8-6-13)19(2,3)4)22-15(26)9-10-16-23-18(25-27-16)17-20-11-21-24-17/h5-8,11-12H,9-10H2,1-4H3,(H,22,26)(H,20,21,24). The van der Waals surface area contributed by atoms with Gasteiger partial charge in [0.1, 0.15) is 6.33 Å². The summed E-state index contributed by atoms with van der Waals surface area (Å²) in [6.07, 6.45) is 2.00. The molecule has 2 heterocycles. The monoisotopic (exact) mass is 368 g/mol. The van der Waals surface area contributed by atoms with Crippen molar-refractivity contribution in [2.45, 2.75) is 52.0 Å². The number of rotatable bonds is 6. The lowest BCUT2D eigenvalue weighted by atomic mass is 9.86. The van der Waals surface area contributed by atoms with Crippen LogP contribution in [0.3, 0.4) is 0 Å². The van der Waals surface area contributed by atoms with Crippen LogP contribution in [0.5, 0.6) is 0 Å². The van der Waals surface area contributed by atoms with Gasteiger partial charge in [-0.15, -0.1) is 0 Å². The second kappa shape index (κ2) is 7.69. The van der Waals surface area contributed by atoms with Crippen molar-refractivity contribution in [2.24, 2.45) is 0 Å². The number of nitrogens with one attached hydrogen (secondary N) is 2. The Morgan fingerprint density at radius 2 is 2.00 bits per heavy atom. The van der Waals surface area contributed by atoms with E-state index >= 15 is 0 Å². The van der Waals surface area contributed by atoms with E-state index in [2.05, 4.69) is 75.7 Å². The SMILES string of the molecule is CC(NC(=O)CCc1nc(-c2ncn[nH]2)no1)c1ccc(C(C)(C)C)cc1. The normalized spacial score (nSPS) is 12.7. The molecular formula is C19H24N6O2. The van der Waals surface area contributed by atoms with Crippen LogP contribution in [0.25, 0.3) is 11.6 Å². The maximum absolute atomic E-state index is 12.2. The molecule has 0 aliphatic heterocycles. The highest BCUT2D eigenvalue weighted by molar-refractivity contribution is 5.76. The molecule has 0 bridgehead atoms. The van der Waals surface area contributed by atoms with E-state index in [1.54, 1.807) is 0 Å². The van der Waals surface area contributed by atoms with Gasteiger partial charge in [0.05, 0.1) is 6.04 Å². The number of H-pyrrole nitrogens is 1. The Hall–Kier alpha value is -3.03. The van der Waals surface area contributed by atoms with Gasteiger partial charge in [0.25, 0.3) is 0 Å². The average molecular weight is 368 g/mol. The lowest BCUT2D eigenvalue weighted by Crippen LogP contribution is -2.27. The summed E-state index contributed by atoms with van der Waals surface area (Å²) in [5, 5.41) is 13.2. The van der Waals surface area contributed by atoms with Gasteiger partial charge in [-0.1, -0.05) is 50.2 Å². The number of carbonyl (C=O) groups is 1. The van der Waals surface area contributed by atoms with Crippen LogP contribution in [0.1, 0.15) is 57.2 Å². The molecule has 142 valence electrons. The summed E-state index contributed by atoms with van der Waals surface area (Å²) in [5.41, 5.74) is 2.45. The van der Waals surface area contributed by atoms with Gasteiger partial charge in [-0.2, -0.15) is 10.1 Å². The fourth-order valence-corrected chi connectivity index (χ4v) is 2.66. The highest BCUT2D eigenvalue weighted by Gasteiger charge is 2.16. The summed E-state index contributed by atoms with van der Waals surface area (Å²) < 4.78 is 5.14. The number of nitrogens with zero attached hydrogens (tertiary/aromatic N) is 4. The number of carbonyl (C=O) groups excluding carboxylic acids is 1. The van der Waals surface area contributed by atoms with E-state index in [4.69, 9.17) is 4.52 Å². The van der Waals surface area contributed by atoms with Gasteiger partial charge < -0.3 is 9.84 Å². The number of benzene rings is 1. The molecule has 0 aliphatic rings. The highest BCUT2D eigenvalue weighted by Crippen LogP contribution is 2.24. The molecule has 3 aromatic rings. The van der Waals surface area contributed by atoms with E-state index in [0.717, 1.165) is 5.56 Å². The van der Waals surface area contributed by atoms with Gasteiger partial charge in [0.15, 0.2) is 5.82 Å². The molecule has 2 aromatic heterocycles. The second-order valence-corrected chi connectivity index (χ2v) is 7.51. The predicted molar refractivity (Wildman–Crippen MR) is 99.7 cm³/mol. The lowest BCUT2D eigenvalue weighted by Gasteiger charge is -2.20. The fourth-order valence-electron chi connectivity index (χ4n) is 2.66. The molecule has 0 spiro atoms. The van der Waals surface area contributed by atoms with Gasteiger partial charge in [-0.25, -0.2) is 4.98 Å². The highest BCUT2D eigenvalue weighted by atomic mass is 16.5. The Morgan fingerprint density at radius 3 is 2.63 bits per heavy atom. The number of aryl methyl sites for hydroxylation is 1. The van der Waals surface area contributed by atoms with Gasteiger partial charge in [-0.3, -0.25) is 9.89 Å². The van der Waals surface area contributed by atoms with E-state index in [9.17, 15) is 4.79 Å². The Kier molecular flexibility index (Phi) is 5.34. The molecule has 0 saturated carbocycles. The van der Waals surface area contributed by atoms with E-state index < -0.39 is 0 Å². The van der Waals surface area contributed by atoms with Crippen LogP contribution >= 0.6 is 0 Å². The third kappa shape index (κ3) is 4.78. The first-order valence-corrected chi connectivity index (χ1v) is 8.91. The minimum atomic E-state index is -0.0704. The molecule has 0 aliphatic carbocycles. The van der Waals surface area contributed by atoms with Gasteiger partial charge in [0, 0.05) is 12.8 Å². The summed E-state index contributed by atoms with van der Waals surface area (Å²) in [5.74, 6) is 1.08. The molecule has 1 amide bonds. The molecule has 27 heavy (non-hydrogen) atoms. The number of aromatic nitrogens is 5. The summed E-state index contributed by atoms with van der Waals surface area (Å²) >= 11 is 0. The third-order valence-corrected chi connectivity index (χ3v) is 4.32. The quantitative estimate of drug-likeness (QED) is 0.692. The molecule has 1 atom stereocenters. The first-order chi connectivity index (χ1) is 12.8. The molecule has 8 heteroatoms. The van der Waals surface area contributed by atoms with Crippen molar-refractivity contribution in [3.05, 3.63) is 47.6 Å². The lowest BCUT2D eigenvalue weighted by molar-refractivity contribution is -0.121. The molecule has 1 unspecified atom stereocenters. The average Bonchev–Trinajstić information content (AvgIpc) is 3.30. The summed E-state index contributed by atoms with van der Waals surface area (Å²) in [6, 6.07) is 8.28. The first-order valence-electron chi connectivity index (χ1n) is 8.91. The third-order valence-electron chi connectivity index (χ3n) is 4.32. The van der Waals surface area contributed by atoms with Crippen molar-refractivity contribution < 1.29 is 9.32 Å². The zero-order chi connectivity index (χ0) is 19.4. The van der Waals surface area contributed by atoms with Crippen LogP contribution in [0.2, 0.25) is 0 Å². The molecular weight excluding hydrogens is 344 g/mol. The minimum Gasteiger partial charge on any atom is -0.350 e. The molecule has 3 rings (SSSR count). The Balaban J connectivity index is 1.51. The Morgan fingerprint density at radius 1 is 1.26 bits per heavy atom. The smallest absolute Gasteiger partial charge is 0.239 e. The first kappa shape index (κ1) is 18.8. The predicted octanol–water partition coefficient (Wildman–Crippen LogP) is 2.96. The fraction of sp³-hybridized carbons (Fsp3) is 0.421. The Labute approximate surface area is 157 Å². The summed E-state index contributed by atoms with van der Waals surface area (Å²) in [4.78, 5) is 20.4. The van der Waals surface area contributed by atoms with Crippen molar-refractivity contribution >= 4 is 5.91 Å². The van der Waals surface area contributed by atoms with Crippen LogP contribution in [-0.4, -0.2) is 31.2 Å². The van der Waals surface area contributed by atoms with Crippen LogP contribution in [0.15, 0.2) is 35.1 Å². The number of hydrogen-bond donors (Lipinski definition) is 2. The van der Waals surface area contributed by atoms with E-state index in [1.807, 2.05) is 6.92 Å². The van der Waals surface area contributed by atoms with Crippen molar-refractivity contribution in [1.82, 2.24) is 30.6 Å². The topological polar surface area (TPSA) is 110 Å². The van der Waals surface area contributed by atoms with Crippen LogP contribution < -0.4 is 5.32 Å².